The Balaban J connectivity index is 1.42. The monoisotopic (exact) mass is 309 g/mol. The summed E-state index contributed by atoms with van der Waals surface area (Å²) in [5, 5.41) is 0. The van der Waals surface area contributed by atoms with E-state index in [1.807, 2.05) is 18.7 Å². The van der Waals surface area contributed by atoms with Crippen molar-refractivity contribution in [3.8, 4) is 0 Å². The Bertz CT molecular complexity index is 694. The van der Waals surface area contributed by atoms with E-state index in [2.05, 4.69) is 45.6 Å². The third-order valence-corrected chi connectivity index (χ3v) is 5.23. The van der Waals surface area contributed by atoms with Gasteiger partial charge in [0, 0.05) is 31.4 Å². The summed E-state index contributed by atoms with van der Waals surface area (Å²) in [5.41, 5.74) is 2.60. The van der Waals surface area contributed by atoms with Crippen LogP contribution in [0.5, 0.6) is 0 Å². The molecule has 23 heavy (non-hydrogen) atoms. The molecule has 1 aliphatic carbocycles. The van der Waals surface area contributed by atoms with Crippen LogP contribution in [0.3, 0.4) is 0 Å². The number of benzene rings is 1. The van der Waals surface area contributed by atoms with Crippen LogP contribution >= 0.6 is 0 Å². The van der Waals surface area contributed by atoms with Gasteiger partial charge in [0.05, 0.1) is 12.4 Å². The van der Waals surface area contributed by atoms with Gasteiger partial charge in [-0.15, -0.1) is 0 Å². The van der Waals surface area contributed by atoms with Crippen LogP contribution in [-0.4, -0.2) is 33.4 Å². The number of hydrogen-bond acceptors (Lipinski definition) is 2. The fourth-order valence-corrected chi connectivity index (χ4v) is 3.86. The largest absolute Gasteiger partial charge is 0.340 e. The lowest BCUT2D eigenvalue weighted by Crippen LogP contribution is -2.41. The highest BCUT2D eigenvalue weighted by molar-refractivity contribution is 5.83. The van der Waals surface area contributed by atoms with E-state index in [1.54, 1.807) is 0 Å². The van der Waals surface area contributed by atoms with E-state index >= 15 is 0 Å². The Labute approximate surface area is 137 Å². The molecule has 0 N–H and O–H groups in total. The van der Waals surface area contributed by atoms with E-state index in [0.29, 0.717) is 17.9 Å². The van der Waals surface area contributed by atoms with E-state index in [4.69, 9.17) is 0 Å². The summed E-state index contributed by atoms with van der Waals surface area (Å²) in [7, 11) is 0. The van der Waals surface area contributed by atoms with Crippen molar-refractivity contribution in [1.82, 2.24) is 14.5 Å². The molecule has 0 unspecified atom stereocenters. The fraction of sp³-hybridized carbons (Fsp3) is 0.474. The molecule has 1 aromatic carbocycles. The molecule has 3 atom stereocenters. The van der Waals surface area contributed by atoms with Crippen LogP contribution < -0.4 is 0 Å². The highest BCUT2D eigenvalue weighted by atomic mass is 16.2. The van der Waals surface area contributed by atoms with Gasteiger partial charge in [0.25, 0.3) is 0 Å². The maximum atomic E-state index is 12.8. The lowest BCUT2D eigenvalue weighted by molar-refractivity contribution is -0.134. The van der Waals surface area contributed by atoms with Gasteiger partial charge in [-0.2, -0.15) is 0 Å². The van der Waals surface area contributed by atoms with E-state index in [-0.39, 0.29) is 5.92 Å². The number of imidazole rings is 1. The lowest BCUT2D eigenvalue weighted by atomic mass is 10.0. The minimum Gasteiger partial charge on any atom is -0.340 e. The number of carbonyl (C=O) groups excluding carboxylic acids is 1. The number of rotatable bonds is 3. The molecule has 1 saturated carbocycles. The Morgan fingerprint density at radius 3 is 3.04 bits per heavy atom. The standard InChI is InChI=1S/C19H23N3O/c1-14-4-2-5-15(10-14)17-11-18(17)19(23)21-8-3-6-16(12-21)22-9-7-20-13-22/h2,4-5,7,9-10,13,16-18H,3,6,8,11-12H2,1H3/t16-,17-,18-/m0/s1. The molecule has 1 amide bonds. The summed E-state index contributed by atoms with van der Waals surface area (Å²) < 4.78 is 2.14. The normalized spacial score (nSPS) is 27.0. The molecule has 2 heterocycles. The third-order valence-electron chi connectivity index (χ3n) is 5.23. The first-order valence-corrected chi connectivity index (χ1v) is 8.55. The molecule has 0 spiro atoms. The van der Waals surface area contributed by atoms with Crippen LogP contribution in [0.2, 0.25) is 0 Å². The van der Waals surface area contributed by atoms with Crippen molar-refractivity contribution < 1.29 is 4.79 Å². The molecule has 1 aromatic heterocycles. The number of piperidine rings is 1. The summed E-state index contributed by atoms with van der Waals surface area (Å²) in [6.45, 7) is 3.84. The third kappa shape index (κ3) is 2.90. The molecule has 1 aliphatic heterocycles. The van der Waals surface area contributed by atoms with Crippen LogP contribution in [0.4, 0.5) is 0 Å². The predicted octanol–water partition coefficient (Wildman–Crippen LogP) is 3.16. The highest BCUT2D eigenvalue weighted by Crippen LogP contribution is 2.49. The molecule has 0 bridgehead atoms. The second kappa shape index (κ2) is 5.84. The van der Waals surface area contributed by atoms with Gasteiger partial charge in [0.2, 0.25) is 5.91 Å². The topological polar surface area (TPSA) is 38.1 Å². The zero-order valence-corrected chi connectivity index (χ0v) is 13.6. The predicted molar refractivity (Wildman–Crippen MR) is 89.1 cm³/mol. The van der Waals surface area contributed by atoms with Gasteiger partial charge in [0.15, 0.2) is 0 Å². The molecule has 2 aliphatic rings. The van der Waals surface area contributed by atoms with Crippen LogP contribution in [0.25, 0.3) is 0 Å². The number of aryl methyl sites for hydroxylation is 1. The van der Waals surface area contributed by atoms with Gasteiger partial charge in [-0.3, -0.25) is 4.79 Å². The molecule has 0 radical (unpaired) electrons. The van der Waals surface area contributed by atoms with Crippen LogP contribution in [0.1, 0.15) is 42.3 Å². The maximum Gasteiger partial charge on any atom is 0.226 e. The van der Waals surface area contributed by atoms with Crippen molar-refractivity contribution in [2.24, 2.45) is 5.92 Å². The number of amides is 1. The smallest absolute Gasteiger partial charge is 0.226 e. The zero-order valence-electron chi connectivity index (χ0n) is 13.6. The first-order chi connectivity index (χ1) is 11.2. The molecule has 4 heteroatoms. The minimum atomic E-state index is 0.193. The Hall–Kier alpha value is -2.10. The molecule has 4 rings (SSSR count). The number of nitrogens with zero attached hydrogens (tertiary/aromatic N) is 3. The highest BCUT2D eigenvalue weighted by Gasteiger charge is 2.46. The Morgan fingerprint density at radius 2 is 2.26 bits per heavy atom. The second-order valence-electron chi connectivity index (χ2n) is 6.95. The van der Waals surface area contributed by atoms with Crippen LogP contribution in [0, 0.1) is 12.8 Å². The number of carbonyl (C=O) groups is 1. The molecule has 2 fully saturated rings. The van der Waals surface area contributed by atoms with Crippen LogP contribution in [-0.2, 0) is 4.79 Å². The van der Waals surface area contributed by atoms with Crippen LogP contribution in [0.15, 0.2) is 43.0 Å². The molecular weight excluding hydrogens is 286 g/mol. The SMILES string of the molecule is Cc1cccc([C@@H]2C[C@@H]2C(=O)N2CCC[C@H](n3ccnc3)C2)c1. The van der Waals surface area contributed by atoms with E-state index in [0.717, 1.165) is 32.4 Å². The molecular formula is C19H23N3O. The maximum absolute atomic E-state index is 12.8. The zero-order chi connectivity index (χ0) is 15.8. The van der Waals surface area contributed by atoms with Gasteiger partial charge in [-0.05, 0) is 37.7 Å². The van der Waals surface area contributed by atoms with E-state index in [9.17, 15) is 4.79 Å². The van der Waals surface area contributed by atoms with E-state index < -0.39 is 0 Å². The summed E-state index contributed by atoms with van der Waals surface area (Å²) in [4.78, 5) is 19.1. The number of likely N-dealkylation sites (tertiary alicyclic amines) is 1. The quantitative estimate of drug-likeness (QED) is 0.873. The average molecular weight is 309 g/mol. The first-order valence-electron chi connectivity index (χ1n) is 8.55. The summed E-state index contributed by atoms with van der Waals surface area (Å²) in [5.74, 6) is 0.968. The Kier molecular flexibility index (Phi) is 3.68. The minimum absolute atomic E-state index is 0.193. The number of hydrogen-bond donors (Lipinski definition) is 0. The summed E-state index contributed by atoms with van der Waals surface area (Å²) >= 11 is 0. The van der Waals surface area contributed by atoms with Crippen molar-refractivity contribution >= 4 is 5.91 Å². The van der Waals surface area contributed by atoms with Crippen molar-refractivity contribution in [3.05, 3.63) is 54.1 Å². The molecule has 120 valence electrons. The fourth-order valence-electron chi connectivity index (χ4n) is 3.86. The van der Waals surface area contributed by atoms with Gasteiger partial charge in [0.1, 0.15) is 0 Å². The van der Waals surface area contributed by atoms with Gasteiger partial charge in [-0.1, -0.05) is 29.8 Å². The van der Waals surface area contributed by atoms with Gasteiger partial charge in [-0.25, -0.2) is 4.98 Å². The van der Waals surface area contributed by atoms with E-state index in [1.165, 1.54) is 11.1 Å². The second-order valence-corrected chi connectivity index (χ2v) is 6.95. The molecule has 1 saturated heterocycles. The van der Waals surface area contributed by atoms with Gasteiger partial charge >= 0.3 is 0 Å². The van der Waals surface area contributed by atoms with Crippen molar-refractivity contribution in [3.63, 3.8) is 0 Å². The summed E-state index contributed by atoms with van der Waals surface area (Å²) in [6.07, 6.45) is 8.91. The number of aromatic nitrogens is 2. The van der Waals surface area contributed by atoms with Gasteiger partial charge < -0.3 is 9.47 Å². The molecule has 2 aromatic rings. The lowest BCUT2D eigenvalue weighted by Gasteiger charge is -2.33. The Morgan fingerprint density at radius 1 is 1.35 bits per heavy atom. The first kappa shape index (κ1) is 14.5. The molecule has 4 nitrogen and oxygen atoms in total. The average Bonchev–Trinajstić information content (AvgIpc) is 3.19. The van der Waals surface area contributed by atoms with Crippen molar-refractivity contribution in [1.29, 1.82) is 0 Å². The van der Waals surface area contributed by atoms with Crippen molar-refractivity contribution in [2.75, 3.05) is 13.1 Å². The van der Waals surface area contributed by atoms with Crippen molar-refractivity contribution in [2.45, 2.75) is 38.1 Å². The summed E-state index contributed by atoms with van der Waals surface area (Å²) in [6, 6.07) is 8.98.